The Labute approximate surface area is 114 Å². The molecule has 0 aromatic carbocycles. The van der Waals surface area contributed by atoms with Crippen LogP contribution < -0.4 is 0 Å². The van der Waals surface area contributed by atoms with Crippen LogP contribution >= 0.6 is 0 Å². The molecule has 0 amide bonds. The maximum absolute atomic E-state index is 2.76. The molecule has 18 heavy (non-hydrogen) atoms. The SMILES string of the molecule is CCCCCC(C)N1CCN(C2CCCCC2)C1. The zero-order chi connectivity index (χ0) is 12.8. The summed E-state index contributed by atoms with van der Waals surface area (Å²) in [6, 6.07) is 1.71. The molecule has 1 atom stereocenters. The molecule has 1 saturated heterocycles. The van der Waals surface area contributed by atoms with Crippen molar-refractivity contribution < 1.29 is 0 Å². The van der Waals surface area contributed by atoms with Gasteiger partial charge in [-0.15, -0.1) is 0 Å². The van der Waals surface area contributed by atoms with Crippen LogP contribution in [0.1, 0.15) is 71.6 Å². The lowest BCUT2D eigenvalue weighted by Gasteiger charge is -2.32. The molecule has 0 aromatic rings. The minimum atomic E-state index is 0.796. The van der Waals surface area contributed by atoms with Crippen LogP contribution in [0.3, 0.4) is 0 Å². The molecule has 1 aliphatic carbocycles. The van der Waals surface area contributed by atoms with E-state index in [2.05, 4.69) is 23.6 Å². The molecule has 106 valence electrons. The Kier molecular flexibility index (Phi) is 5.97. The minimum absolute atomic E-state index is 0.796. The van der Waals surface area contributed by atoms with Gasteiger partial charge in [0.05, 0.1) is 6.67 Å². The van der Waals surface area contributed by atoms with Gasteiger partial charge in [0.2, 0.25) is 0 Å². The van der Waals surface area contributed by atoms with Crippen molar-refractivity contribution in [2.24, 2.45) is 0 Å². The summed E-state index contributed by atoms with van der Waals surface area (Å²) in [4.78, 5) is 5.47. The first kappa shape index (κ1) is 14.3. The summed E-state index contributed by atoms with van der Waals surface area (Å²) >= 11 is 0. The molecule has 1 saturated carbocycles. The van der Waals surface area contributed by atoms with E-state index in [9.17, 15) is 0 Å². The van der Waals surface area contributed by atoms with Gasteiger partial charge in [-0.2, -0.15) is 0 Å². The van der Waals surface area contributed by atoms with Crippen molar-refractivity contribution in [3.8, 4) is 0 Å². The van der Waals surface area contributed by atoms with Gasteiger partial charge in [-0.25, -0.2) is 0 Å². The van der Waals surface area contributed by atoms with Crippen LogP contribution in [-0.4, -0.2) is 41.6 Å². The third kappa shape index (κ3) is 3.96. The monoisotopic (exact) mass is 252 g/mol. The average molecular weight is 252 g/mol. The second-order valence-corrected chi connectivity index (χ2v) is 6.40. The maximum atomic E-state index is 2.76. The van der Waals surface area contributed by atoms with Gasteiger partial charge in [0.25, 0.3) is 0 Å². The van der Waals surface area contributed by atoms with E-state index in [-0.39, 0.29) is 0 Å². The first-order valence-corrected chi connectivity index (χ1v) is 8.29. The van der Waals surface area contributed by atoms with E-state index in [1.54, 1.807) is 0 Å². The summed E-state index contributed by atoms with van der Waals surface area (Å²) in [5.41, 5.74) is 0. The number of hydrogen-bond acceptors (Lipinski definition) is 2. The molecule has 0 bridgehead atoms. The summed E-state index contributed by atoms with van der Waals surface area (Å²) in [6.45, 7) is 8.61. The molecule has 2 nitrogen and oxygen atoms in total. The van der Waals surface area contributed by atoms with Gasteiger partial charge >= 0.3 is 0 Å². The van der Waals surface area contributed by atoms with E-state index >= 15 is 0 Å². The van der Waals surface area contributed by atoms with Crippen LogP contribution in [0.5, 0.6) is 0 Å². The topological polar surface area (TPSA) is 6.48 Å². The predicted molar refractivity (Wildman–Crippen MR) is 78.8 cm³/mol. The van der Waals surface area contributed by atoms with E-state index in [0.29, 0.717) is 0 Å². The lowest BCUT2D eigenvalue weighted by molar-refractivity contribution is 0.137. The van der Waals surface area contributed by atoms with Gasteiger partial charge < -0.3 is 0 Å². The molecule has 0 radical (unpaired) electrons. The Morgan fingerprint density at radius 2 is 1.83 bits per heavy atom. The van der Waals surface area contributed by atoms with Gasteiger partial charge in [-0.1, -0.05) is 45.4 Å². The van der Waals surface area contributed by atoms with Crippen molar-refractivity contribution in [2.75, 3.05) is 19.8 Å². The fraction of sp³-hybridized carbons (Fsp3) is 1.00. The second kappa shape index (κ2) is 7.49. The Balaban J connectivity index is 1.69. The van der Waals surface area contributed by atoms with E-state index < -0.39 is 0 Å². The van der Waals surface area contributed by atoms with Crippen molar-refractivity contribution in [2.45, 2.75) is 83.7 Å². The highest BCUT2D eigenvalue weighted by Crippen LogP contribution is 2.25. The summed E-state index contributed by atoms with van der Waals surface area (Å²) < 4.78 is 0. The normalized spacial score (nSPS) is 25.7. The third-order valence-corrected chi connectivity index (χ3v) is 4.98. The van der Waals surface area contributed by atoms with Gasteiger partial charge in [-0.05, 0) is 26.2 Å². The number of rotatable bonds is 6. The molecule has 2 rings (SSSR count). The van der Waals surface area contributed by atoms with Crippen LogP contribution in [0.2, 0.25) is 0 Å². The Morgan fingerprint density at radius 3 is 2.56 bits per heavy atom. The smallest absolute Gasteiger partial charge is 0.0512 e. The third-order valence-electron chi connectivity index (χ3n) is 4.98. The van der Waals surface area contributed by atoms with Crippen molar-refractivity contribution in [3.63, 3.8) is 0 Å². The molecule has 1 heterocycles. The largest absolute Gasteiger partial charge is 0.287 e. The number of hydrogen-bond donors (Lipinski definition) is 0. The molecule has 2 aliphatic rings. The molecule has 2 heteroatoms. The summed E-state index contributed by atoms with van der Waals surface area (Å²) in [7, 11) is 0. The molecular formula is C16H32N2. The molecule has 1 unspecified atom stereocenters. The zero-order valence-electron chi connectivity index (χ0n) is 12.5. The van der Waals surface area contributed by atoms with Gasteiger partial charge in [-0.3, -0.25) is 9.80 Å². The summed E-state index contributed by atoms with van der Waals surface area (Å²) in [5, 5.41) is 0. The predicted octanol–water partition coefficient (Wildman–Crippen LogP) is 3.86. The van der Waals surface area contributed by atoms with E-state index in [4.69, 9.17) is 0 Å². The molecule has 0 N–H and O–H groups in total. The van der Waals surface area contributed by atoms with E-state index in [1.807, 2.05) is 0 Å². The van der Waals surface area contributed by atoms with Crippen LogP contribution in [0.25, 0.3) is 0 Å². The standard InChI is InChI=1S/C16H32N2/c1-3-4-6-9-15(2)17-12-13-18(14-17)16-10-7-5-8-11-16/h15-16H,3-14H2,1-2H3. The Hall–Kier alpha value is -0.0800. The van der Waals surface area contributed by atoms with Gasteiger partial charge in [0.1, 0.15) is 0 Å². The van der Waals surface area contributed by atoms with Crippen LogP contribution in [0.15, 0.2) is 0 Å². The molecular weight excluding hydrogens is 220 g/mol. The Morgan fingerprint density at radius 1 is 1.06 bits per heavy atom. The van der Waals surface area contributed by atoms with E-state index in [1.165, 1.54) is 77.5 Å². The lowest BCUT2D eigenvalue weighted by atomic mass is 9.94. The quantitative estimate of drug-likeness (QED) is 0.662. The lowest BCUT2D eigenvalue weighted by Crippen LogP contribution is -2.38. The van der Waals surface area contributed by atoms with Crippen molar-refractivity contribution in [1.29, 1.82) is 0 Å². The van der Waals surface area contributed by atoms with Crippen LogP contribution in [0.4, 0.5) is 0 Å². The van der Waals surface area contributed by atoms with Gasteiger partial charge in [0, 0.05) is 25.2 Å². The first-order valence-electron chi connectivity index (χ1n) is 8.29. The molecule has 0 spiro atoms. The molecule has 2 fully saturated rings. The van der Waals surface area contributed by atoms with Crippen molar-refractivity contribution in [1.82, 2.24) is 9.80 Å². The highest BCUT2D eigenvalue weighted by Gasteiger charge is 2.29. The maximum Gasteiger partial charge on any atom is 0.0512 e. The van der Waals surface area contributed by atoms with Crippen LogP contribution in [-0.2, 0) is 0 Å². The highest BCUT2D eigenvalue weighted by molar-refractivity contribution is 4.83. The summed E-state index contributed by atoms with van der Waals surface area (Å²) in [6.07, 6.45) is 12.9. The van der Waals surface area contributed by atoms with Crippen LogP contribution in [0, 0.1) is 0 Å². The molecule has 1 aliphatic heterocycles. The fourth-order valence-corrected chi connectivity index (χ4v) is 3.61. The van der Waals surface area contributed by atoms with Gasteiger partial charge in [0.15, 0.2) is 0 Å². The van der Waals surface area contributed by atoms with Crippen molar-refractivity contribution >= 4 is 0 Å². The van der Waals surface area contributed by atoms with E-state index in [0.717, 1.165) is 12.1 Å². The second-order valence-electron chi connectivity index (χ2n) is 6.40. The molecule has 0 aromatic heterocycles. The fourth-order valence-electron chi connectivity index (χ4n) is 3.61. The first-order chi connectivity index (χ1) is 8.81. The summed E-state index contributed by atoms with van der Waals surface area (Å²) in [5.74, 6) is 0. The number of unbranched alkanes of at least 4 members (excludes halogenated alkanes) is 2. The Bertz CT molecular complexity index is 223. The number of nitrogens with zero attached hydrogens (tertiary/aromatic N) is 2. The van der Waals surface area contributed by atoms with Crippen molar-refractivity contribution in [3.05, 3.63) is 0 Å². The highest BCUT2D eigenvalue weighted by atomic mass is 15.4. The zero-order valence-corrected chi connectivity index (χ0v) is 12.5. The average Bonchev–Trinajstić information content (AvgIpc) is 2.89. The minimum Gasteiger partial charge on any atom is -0.287 e.